The zero-order valence-corrected chi connectivity index (χ0v) is 13.6. The molecule has 2 N–H and O–H groups in total. The summed E-state index contributed by atoms with van der Waals surface area (Å²) in [6, 6.07) is 12.2. The Bertz CT molecular complexity index is 674. The number of hydrogen-bond acceptors (Lipinski definition) is 5. The molecule has 1 heterocycles. The zero-order valence-electron chi connectivity index (χ0n) is 13.6. The van der Waals surface area contributed by atoms with Gasteiger partial charge < -0.3 is 15.4 Å². The van der Waals surface area contributed by atoms with Gasteiger partial charge in [-0.3, -0.25) is 4.79 Å². The first kappa shape index (κ1) is 17.5. The maximum Gasteiger partial charge on any atom is 0.337 e. The molecular formula is C18H21N3O3. The summed E-state index contributed by atoms with van der Waals surface area (Å²) in [5, 5.41) is 6.06. The predicted molar refractivity (Wildman–Crippen MR) is 92.1 cm³/mol. The smallest absolute Gasteiger partial charge is 0.337 e. The summed E-state index contributed by atoms with van der Waals surface area (Å²) >= 11 is 0. The lowest BCUT2D eigenvalue weighted by Crippen LogP contribution is -2.25. The van der Waals surface area contributed by atoms with Crippen molar-refractivity contribution < 1.29 is 14.3 Å². The largest absolute Gasteiger partial charge is 0.465 e. The van der Waals surface area contributed by atoms with E-state index in [4.69, 9.17) is 0 Å². The van der Waals surface area contributed by atoms with Crippen LogP contribution in [0.25, 0.3) is 0 Å². The monoisotopic (exact) mass is 327 g/mol. The number of anilines is 1. The summed E-state index contributed by atoms with van der Waals surface area (Å²) in [5.41, 5.74) is 0.814. The number of pyridine rings is 1. The number of rotatable bonds is 8. The Labute approximate surface area is 141 Å². The Morgan fingerprint density at radius 1 is 1.04 bits per heavy atom. The molecule has 0 radical (unpaired) electrons. The summed E-state index contributed by atoms with van der Waals surface area (Å²) in [4.78, 5) is 27.7. The first-order valence-corrected chi connectivity index (χ1v) is 7.82. The van der Waals surface area contributed by atoms with Gasteiger partial charge in [0.15, 0.2) is 0 Å². The van der Waals surface area contributed by atoms with Gasteiger partial charge in [-0.1, -0.05) is 12.1 Å². The minimum atomic E-state index is -0.453. The quantitative estimate of drug-likeness (QED) is 0.575. The molecular weight excluding hydrogens is 306 g/mol. The van der Waals surface area contributed by atoms with Gasteiger partial charge in [-0.05, 0) is 43.2 Å². The van der Waals surface area contributed by atoms with E-state index in [9.17, 15) is 9.59 Å². The Morgan fingerprint density at radius 2 is 1.83 bits per heavy atom. The molecule has 0 saturated heterocycles. The van der Waals surface area contributed by atoms with Crippen molar-refractivity contribution in [3.05, 3.63) is 59.8 Å². The number of ether oxygens (including phenoxy) is 1. The standard InChI is InChI=1S/C18H21N3O3/c1-24-18(23)15-8-6-7-14(13-15)17(22)21-12-5-4-11-20-16-9-2-3-10-19-16/h2-3,6-10,13H,4-5,11-12H2,1H3,(H,19,20)(H,21,22). The lowest BCUT2D eigenvalue weighted by atomic mass is 10.1. The number of carbonyl (C=O) groups is 2. The normalized spacial score (nSPS) is 10.0. The van der Waals surface area contributed by atoms with Crippen molar-refractivity contribution in [3.8, 4) is 0 Å². The van der Waals surface area contributed by atoms with Gasteiger partial charge in [0.2, 0.25) is 0 Å². The van der Waals surface area contributed by atoms with Gasteiger partial charge in [0.25, 0.3) is 5.91 Å². The lowest BCUT2D eigenvalue weighted by Gasteiger charge is -2.07. The van der Waals surface area contributed by atoms with Crippen LogP contribution in [0.4, 0.5) is 5.82 Å². The van der Waals surface area contributed by atoms with E-state index in [2.05, 4.69) is 20.4 Å². The molecule has 0 fully saturated rings. The predicted octanol–water partition coefficient (Wildman–Crippen LogP) is 2.49. The van der Waals surface area contributed by atoms with Crippen molar-refractivity contribution in [2.75, 3.05) is 25.5 Å². The number of unbranched alkanes of at least 4 members (excludes halogenated alkanes) is 1. The van der Waals surface area contributed by atoms with Crippen molar-refractivity contribution in [1.29, 1.82) is 0 Å². The van der Waals surface area contributed by atoms with Crippen LogP contribution in [0.15, 0.2) is 48.7 Å². The van der Waals surface area contributed by atoms with Gasteiger partial charge in [0.05, 0.1) is 12.7 Å². The summed E-state index contributed by atoms with van der Waals surface area (Å²) < 4.78 is 4.65. The number of esters is 1. The number of nitrogens with one attached hydrogen (secondary N) is 2. The number of nitrogens with zero attached hydrogens (tertiary/aromatic N) is 1. The van der Waals surface area contributed by atoms with Crippen LogP contribution >= 0.6 is 0 Å². The highest BCUT2D eigenvalue weighted by Gasteiger charge is 2.10. The van der Waals surface area contributed by atoms with E-state index in [0.717, 1.165) is 25.2 Å². The van der Waals surface area contributed by atoms with E-state index < -0.39 is 5.97 Å². The van der Waals surface area contributed by atoms with E-state index in [0.29, 0.717) is 17.7 Å². The number of methoxy groups -OCH3 is 1. The molecule has 0 saturated carbocycles. The third-order valence-corrected chi connectivity index (χ3v) is 3.41. The fraction of sp³-hybridized carbons (Fsp3) is 0.278. The number of carbonyl (C=O) groups excluding carboxylic acids is 2. The minimum Gasteiger partial charge on any atom is -0.465 e. The van der Waals surface area contributed by atoms with Gasteiger partial charge in [-0.25, -0.2) is 9.78 Å². The molecule has 126 valence electrons. The molecule has 2 rings (SSSR count). The second-order valence-electron chi connectivity index (χ2n) is 5.18. The molecule has 0 aliphatic carbocycles. The molecule has 0 spiro atoms. The van der Waals surface area contributed by atoms with E-state index >= 15 is 0 Å². The lowest BCUT2D eigenvalue weighted by molar-refractivity contribution is 0.0600. The summed E-state index contributed by atoms with van der Waals surface area (Å²) in [5.74, 6) is 0.199. The molecule has 0 bridgehead atoms. The van der Waals surface area contributed by atoms with Crippen molar-refractivity contribution in [1.82, 2.24) is 10.3 Å². The van der Waals surface area contributed by atoms with E-state index in [1.165, 1.54) is 13.2 Å². The Hall–Kier alpha value is -2.89. The van der Waals surface area contributed by atoms with Crippen LogP contribution < -0.4 is 10.6 Å². The van der Waals surface area contributed by atoms with Crippen LogP contribution in [-0.2, 0) is 4.74 Å². The SMILES string of the molecule is COC(=O)c1cccc(C(=O)NCCCCNc2ccccn2)c1. The average molecular weight is 327 g/mol. The van der Waals surface area contributed by atoms with Crippen LogP contribution in [-0.4, -0.2) is 37.1 Å². The molecule has 0 unspecified atom stereocenters. The molecule has 1 amide bonds. The summed E-state index contributed by atoms with van der Waals surface area (Å²) in [7, 11) is 1.31. The molecule has 6 heteroatoms. The first-order chi connectivity index (χ1) is 11.7. The zero-order chi connectivity index (χ0) is 17.2. The van der Waals surface area contributed by atoms with Crippen LogP contribution in [0.5, 0.6) is 0 Å². The fourth-order valence-electron chi connectivity index (χ4n) is 2.14. The Kier molecular flexibility index (Phi) is 6.76. The third kappa shape index (κ3) is 5.39. The van der Waals surface area contributed by atoms with Gasteiger partial charge >= 0.3 is 5.97 Å². The van der Waals surface area contributed by atoms with Crippen LogP contribution in [0.3, 0.4) is 0 Å². The molecule has 24 heavy (non-hydrogen) atoms. The summed E-state index contributed by atoms with van der Waals surface area (Å²) in [6.45, 7) is 1.37. The topological polar surface area (TPSA) is 80.3 Å². The number of benzene rings is 1. The number of amides is 1. The van der Waals surface area contributed by atoms with Gasteiger partial charge in [-0.2, -0.15) is 0 Å². The molecule has 0 aliphatic heterocycles. The number of hydrogen-bond donors (Lipinski definition) is 2. The molecule has 0 atom stereocenters. The van der Waals surface area contributed by atoms with Gasteiger partial charge in [0, 0.05) is 24.8 Å². The Morgan fingerprint density at radius 3 is 2.58 bits per heavy atom. The molecule has 1 aromatic heterocycles. The molecule has 0 aliphatic rings. The molecule has 1 aromatic carbocycles. The maximum absolute atomic E-state index is 12.1. The Balaban J connectivity index is 1.69. The van der Waals surface area contributed by atoms with E-state index in [1.54, 1.807) is 24.4 Å². The second kappa shape index (κ2) is 9.29. The summed E-state index contributed by atoms with van der Waals surface area (Å²) in [6.07, 6.45) is 3.51. The maximum atomic E-state index is 12.1. The van der Waals surface area contributed by atoms with Crippen molar-refractivity contribution in [2.24, 2.45) is 0 Å². The van der Waals surface area contributed by atoms with Crippen LogP contribution in [0.2, 0.25) is 0 Å². The second-order valence-corrected chi connectivity index (χ2v) is 5.18. The highest BCUT2D eigenvalue weighted by molar-refractivity contribution is 5.97. The minimum absolute atomic E-state index is 0.196. The highest BCUT2D eigenvalue weighted by atomic mass is 16.5. The van der Waals surface area contributed by atoms with Crippen LogP contribution in [0.1, 0.15) is 33.6 Å². The first-order valence-electron chi connectivity index (χ1n) is 7.82. The van der Waals surface area contributed by atoms with Crippen molar-refractivity contribution >= 4 is 17.7 Å². The molecule has 2 aromatic rings. The van der Waals surface area contributed by atoms with Gasteiger partial charge in [-0.15, -0.1) is 0 Å². The van der Waals surface area contributed by atoms with E-state index in [1.807, 2.05) is 18.2 Å². The fourth-order valence-corrected chi connectivity index (χ4v) is 2.14. The van der Waals surface area contributed by atoms with Crippen LogP contribution in [0, 0.1) is 0 Å². The van der Waals surface area contributed by atoms with Crippen molar-refractivity contribution in [3.63, 3.8) is 0 Å². The van der Waals surface area contributed by atoms with E-state index in [-0.39, 0.29) is 5.91 Å². The number of aromatic nitrogens is 1. The highest BCUT2D eigenvalue weighted by Crippen LogP contribution is 2.07. The van der Waals surface area contributed by atoms with Gasteiger partial charge in [0.1, 0.15) is 5.82 Å². The molecule has 6 nitrogen and oxygen atoms in total. The average Bonchev–Trinajstić information content (AvgIpc) is 2.64. The third-order valence-electron chi connectivity index (χ3n) is 3.41. The van der Waals surface area contributed by atoms with Crippen molar-refractivity contribution in [2.45, 2.75) is 12.8 Å².